The molecular weight excluding hydrogens is 1480 g/mol. The third kappa shape index (κ3) is 15.6. The van der Waals surface area contributed by atoms with E-state index in [0.717, 1.165) is 61.0 Å². The van der Waals surface area contributed by atoms with Crippen molar-refractivity contribution in [2.24, 2.45) is 0 Å². The Labute approximate surface area is 685 Å². The minimum atomic E-state index is -1.44. The van der Waals surface area contributed by atoms with Gasteiger partial charge in [0.25, 0.3) is 0 Å². The number of benzene rings is 18. The van der Waals surface area contributed by atoms with Crippen LogP contribution in [0.5, 0.6) is 0 Å². The van der Waals surface area contributed by atoms with Crippen LogP contribution in [0.4, 0.5) is 34.1 Å². The molecular formula is C108H78BBrN4O2. The number of fused-ring (bicyclic) bond motifs is 6. The highest BCUT2D eigenvalue weighted by molar-refractivity contribution is 9.10. The minimum Gasteiger partial charge on any atom is -0.423 e. The van der Waals surface area contributed by atoms with Gasteiger partial charge in [0.15, 0.2) is 0 Å². The van der Waals surface area contributed by atoms with Crippen molar-refractivity contribution in [1.29, 1.82) is 0 Å². The van der Waals surface area contributed by atoms with Gasteiger partial charge in [-0.05, 0) is 217 Å². The van der Waals surface area contributed by atoms with Gasteiger partial charge in [0.1, 0.15) is 0 Å². The number of halogens is 1. The van der Waals surface area contributed by atoms with E-state index in [1.165, 1.54) is 110 Å². The normalized spacial score (nSPS) is 11.1. The first-order valence-electron chi connectivity index (χ1n) is 39.1. The predicted molar refractivity (Wildman–Crippen MR) is 493 cm³/mol. The lowest BCUT2D eigenvalue weighted by Crippen LogP contribution is -2.29. The first-order chi connectivity index (χ1) is 57.3. The topological polar surface area (TPSA) is 56.8 Å². The largest absolute Gasteiger partial charge is 0.488 e. The van der Waals surface area contributed by atoms with E-state index in [9.17, 15) is 10.0 Å². The summed E-state index contributed by atoms with van der Waals surface area (Å²) >= 11 is 3.53. The molecule has 20 aromatic rings. The van der Waals surface area contributed by atoms with E-state index in [2.05, 4.69) is 447 Å². The molecule has 2 N–H and O–H groups in total. The maximum absolute atomic E-state index is 9.24. The summed E-state index contributed by atoms with van der Waals surface area (Å²) in [6.45, 7) is 0. The molecule has 0 radical (unpaired) electrons. The molecule has 0 bridgehead atoms. The van der Waals surface area contributed by atoms with E-state index in [-0.39, 0.29) is 0 Å². The molecule has 0 unspecified atom stereocenters. The van der Waals surface area contributed by atoms with Crippen LogP contribution in [0, 0.1) is 0 Å². The molecule has 0 amide bonds. The van der Waals surface area contributed by atoms with Gasteiger partial charge < -0.3 is 29.0 Å². The van der Waals surface area contributed by atoms with Crippen LogP contribution >= 0.6 is 15.9 Å². The van der Waals surface area contributed by atoms with Crippen molar-refractivity contribution < 1.29 is 10.0 Å². The zero-order chi connectivity index (χ0) is 78.1. The second kappa shape index (κ2) is 33.5. The molecule has 0 aliphatic rings. The zero-order valence-corrected chi connectivity index (χ0v) is 65.1. The van der Waals surface area contributed by atoms with E-state index in [1.807, 2.05) is 36.4 Å². The van der Waals surface area contributed by atoms with Gasteiger partial charge in [-0.2, -0.15) is 0 Å². The van der Waals surface area contributed by atoms with Gasteiger partial charge in [-0.15, -0.1) is 0 Å². The average molecular weight is 1550 g/mol. The number of anilines is 6. The highest BCUT2D eigenvalue weighted by Gasteiger charge is 2.19. The van der Waals surface area contributed by atoms with Crippen molar-refractivity contribution in [3.63, 3.8) is 0 Å². The lowest BCUT2D eigenvalue weighted by Gasteiger charge is -2.26. The van der Waals surface area contributed by atoms with Crippen molar-refractivity contribution in [3.8, 4) is 89.3 Å². The summed E-state index contributed by atoms with van der Waals surface area (Å²) in [4.78, 5) is 4.65. The van der Waals surface area contributed by atoms with Gasteiger partial charge in [0.2, 0.25) is 0 Å². The Bertz CT molecular complexity index is 6420. The van der Waals surface area contributed by atoms with Crippen LogP contribution in [0.1, 0.15) is 0 Å². The van der Waals surface area contributed by atoms with Crippen molar-refractivity contribution in [2.45, 2.75) is 0 Å². The van der Waals surface area contributed by atoms with Crippen LogP contribution in [-0.2, 0) is 0 Å². The first kappa shape index (κ1) is 73.1. The van der Waals surface area contributed by atoms with Crippen LogP contribution < -0.4 is 15.3 Å². The summed E-state index contributed by atoms with van der Waals surface area (Å²) in [6, 6.07) is 163. The Morgan fingerprint density at radius 1 is 0.181 bits per heavy atom. The van der Waals surface area contributed by atoms with E-state index in [1.54, 1.807) is 12.1 Å². The molecule has 2 heterocycles. The first-order valence-corrected chi connectivity index (χ1v) is 39.9. The van der Waals surface area contributed by atoms with Gasteiger partial charge >= 0.3 is 7.12 Å². The average Bonchev–Trinajstić information content (AvgIpc) is 1.60. The Kier molecular flexibility index (Phi) is 21.1. The van der Waals surface area contributed by atoms with E-state index >= 15 is 0 Å². The quantitative estimate of drug-likeness (QED) is 0.0947. The summed E-state index contributed by atoms with van der Waals surface area (Å²) in [7, 11) is -1.44. The second-order valence-corrected chi connectivity index (χ2v) is 29.7. The predicted octanol–water partition coefficient (Wildman–Crippen LogP) is 28.3. The number of nitrogens with zero attached hydrogens (tertiary/aromatic N) is 4. The van der Waals surface area contributed by atoms with Gasteiger partial charge in [-0.25, -0.2) is 0 Å². The third-order valence-corrected chi connectivity index (χ3v) is 22.2. The van der Waals surface area contributed by atoms with Crippen LogP contribution in [0.3, 0.4) is 0 Å². The molecule has 0 saturated carbocycles. The molecule has 18 aromatic carbocycles. The molecule has 552 valence electrons. The maximum atomic E-state index is 9.24. The number of aromatic nitrogens is 2. The SMILES string of the molecule is Brc1ccc(-c2ccc(N(c3ccc(-c4ccccc4)cc3)c3ccc(-c4ccccc4)cc3)cc2)cc1.OB(O)c1ccc(-n2c3ccccc3c3ccccc32)cc1.c1ccc(-c2ccc(N(c3ccc(-c4ccccc4)cc3)c3ccc(-c4ccc(-c5ccc(-n6c7ccccc7c7ccccc76)cc5)cc4)cc3)cc2)cc1. The van der Waals surface area contributed by atoms with E-state index in [0.29, 0.717) is 5.46 Å². The number of para-hydroxylation sites is 4. The molecule has 0 saturated heterocycles. The maximum Gasteiger partial charge on any atom is 0.488 e. The molecule has 6 nitrogen and oxygen atoms in total. The molecule has 0 aliphatic carbocycles. The number of hydrogen-bond acceptors (Lipinski definition) is 4. The van der Waals surface area contributed by atoms with Crippen molar-refractivity contribution in [3.05, 3.63) is 466 Å². The fourth-order valence-electron chi connectivity index (χ4n) is 15.7. The Balaban J connectivity index is 0.000000133. The molecule has 0 fully saturated rings. The summed E-state index contributed by atoms with van der Waals surface area (Å²) in [5.41, 5.74) is 30.9. The fourth-order valence-corrected chi connectivity index (χ4v) is 16.0. The van der Waals surface area contributed by atoms with Crippen LogP contribution in [0.2, 0.25) is 0 Å². The highest BCUT2D eigenvalue weighted by Crippen LogP contribution is 2.42. The van der Waals surface area contributed by atoms with Crippen LogP contribution in [0.25, 0.3) is 133 Å². The molecule has 0 atom stereocenters. The standard InChI is InChI=1S/C54H38N2.C36H26BrN.C18H14BNO2/c1-3-11-39(12-4-1)43-23-31-47(32-24-43)55(48-33-25-44(26-34-48)40-13-5-2-6-14-40)49-35-27-45(28-36-49)41-19-21-42(22-20-41)46-29-37-50(38-30-46)56-53-17-9-7-15-51(53)52-16-8-10-18-54(52)56;37-33-19-11-29(12-20-33)32-17-25-36(26-18-32)38(34-21-13-30(14-22-34)27-7-3-1-4-8-27)35-23-15-31(16-24-35)28-9-5-2-6-10-28;21-19(22)13-9-11-14(12-10-13)20-17-7-3-1-5-15(17)16-6-2-4-8-18(16)20/h1-38H;1-26H;1-12,21-22H. The number of hydrogen-bond donors (Lipinski definition) is 2. The summed E-state index contributed by atoms with van der Waals surface area (Å²) in [6.07, 6.45) is 0. The van der Waals surface area contributed by atoms with Crippen LogP contribution in [-0.4, -0.2) is 26.3 Å². The van der Waals surface area contributed by atoms with Crippen LogP contribution in [0.15, 0.2) is 466 Å². The monoisotopic (exact) mass is 1550 g/mol. The Hall–Kier alpha value is -14.4. The molecule has 0 spiro atoms. The van der Waals surface area contributed by atoms with Crippen molar-refractivity contribution in [2.75, 3.05) is 9.80 Å². The summed E-state index contributed by atoms with van der Waals surface area (Å²) in [5.74, 6) is 0. The lowest BCUT2D eigenvalue weighted by molar-refractivity contribution is 0.426. The fraction of sp³-hybridized carbons (Fsp3) is 0. The van der Waals surface area contributed by atoms with E-state index in [4.69, 9.17) is 0 Å². The molecule has 2 aromatic heterocycles. The highest BCUT2D eigenvalue weighted by atomic mass is 79.9. The minimum absolute atomic E-state index is 0.490. The lowest BCUT2D eigenvalue weighted by atomic mass is 9.80. The second-order valence-electron chi connectivity index (χ2n) is 28.8. The molecule has 116 heavy (non-hydrogen) atoms. The molecule has 0 aliphatic heterocycles. The molecule has 20 rings (SSSR count). The van der Waals surface area contributed by atoms with Gasteiger partial charge in [0, 0.05) is 71.5 Å². The van der Waals surface area contributed by atoms with Gasteiger partial charge in [0.05, 0.1) is 22.1 Å². The number of rotatable bonds is 16. The third-order valence-electron chi connectivity index (χ3n) is 21.6. The van der Waals surface area contributed by atoms with Crippen molar-refractivity contribution in [1.82, 2.24) is 9.13 Å². The van der Waals surface area contributed by atoms with Crippen molar-refractivity contribution >= 4 is 106 Å². The molecule has 8 heteroatoms. The Morgan fingerprint density at radius 3 is 0.578 bits per heavy atom. The van der Waals surface area contributed by atoms with E-state index < -0.39 is 7.12 Å². The van der Waals surface area contributed by atoms with Gasteiger partial charge in [-0.1, -0.05) is 344 Å². The van der Waals surface area contributed by atoms with Gasteiger partial charge in [-0.3, -0.25) is 0 Å². The summed E-state index contributed by atoms with van der Waals surface area (Å²) in [5, 5.41) is 23.5. The zero-order valence-electron chi connectivity index (χ0n) is 63.5. The Morgan fingerprint density at radius 2 is 0.353 bits per heavy atom. The summed E-state index contributed by atoms with van der Waals surface area (Å²) < 4.78 is 5.64. The smallest absolute Gasteiger partial charge is 0.423 e.